The van der Waals surface area contributed by atoms with Crippen molar-refractivity contribution in [2.24, 2.45) is 5.73 Å². The molecule has 0 amide bonds. The Morgan fingerprint density at radius 3 is 2.60 bits per heavy atom. The van der Waals surface area contributed by atoms with Gasteiger partial charge in [0.1, 0.15) is 17.2 Å². The molecule has 1 aromatic carbocycles. The van der Waals surface area contributed by atoms with Gasteiger partial charge in [0.25, 0.3) is 0 Å². The minimum Gasteiger partial charge on any atom is -0.459 e. The van der Waals surface area contributed by atoms with Crippen LogP contribution in [0.1, 0.15) is 37.5 Å². The largest absolute Gasteiger partial charge is 0.459 e. The molecule has 1 atom stereocenters. The summed E-state index contributed by atoms with van der Waals surface area (Å²) in [7, 11) is 4.15. The molecule has 2 aromatic rings. The third-order valence-electron chi connectivity index (χ3n) is 4.74. The summed E-state index contributed by atoms with van der Waals surface area (Å²) in [6, 6.07) is 6.27. The van der Waals surface area contributed by atoms with E-state index in [9.17, 15) is 4.39 Å². The van der Waals surface area contributed by atoms with E-state index in [4.69, 9.17) is 10.2 Å². The maximum Gasteiger partial charge on any atom is 0.134 e. The van der Waals surface area contributed by atoms with Crippen LogP contribution in [0, 0.1) is 5.82 Å². The highest BCUT2D eigenvalue weighted by Crippen LogP contribution is 2.43. The van der Waals surface area contributed by atoms with E-state index in [-0.39, 0.29) is 17.4 Å². The lowest BCUT2D eigenvalue weighted by atomic mass is 9.86. The average Bonchev–Trinajstić information content (AvgIpc) is 3.04. The summed E-state index contributed by atoms with van der Waals surface area (Å²) >= 11 is 0. The number of hydrogen-bond donors (Lipinski definition) is 1. The molecule has 2 N–H and O–H groups in total. The van der Waals surface area contributed by atoms with Crippen molar-refractivity contribution in [3.05, 3.63) is 35.8 Å². The van der Waals surface area contributed by atoms with Crippen molar-refractivity contribution in [1.29, 1.82) is 0 Å². The molecule has 1 fully saturated rings. The second-order valence-electron chi connectivity index (χ2n) is 6.01. The second kappa shape index (κ2) is 4.86. The molecule has 3 nitrogen and oxygen atoms in total. The topological polar surface area (TPSA) is 42.4 Å². The van der Waals surface area contributed by atoms with E-state index in [0.717, 1.165) is 24.0 Å². The van der Waals surface area contributed by atoms with Gasteiger partial charge in [-0.15, -0.1) is 0 Å². The monoisotopic (exact) mass is 276 g/mol. The normalized spacial score (nSPS) is 19.9. The molecule has 0 aliphatic heterocycles. The number of benzene rings is 1. The Balaban J connectivity index is 2.00. The van der Waals surface area contributed by atoms with E-state index in [0.29, 0.717) is 5.58 Å². The molecular formula is C16H21FN2O. The summed E-state index contributed by atoms with van der Waals surface area (Å²) in [4.78, 5) is 2.22. The van der Waals surface area contributed by atoms with E-state index in [2.05, 4.69) is 19.0 Å². The van der Waals surface area contributed by atoms with Gasteiger partial charge in [-0.3, -0.25) is 0 Å². The van der Waals surface area contributed by atoms with Crippen LogP contribution in [-0.2, 0) is 0 Å². The Kier molecular flexibility index (Phi) is 3.30. The summed E-state index contributed by atoms with van der Waals surface area (Å²) in [5, 5.41) is 0.780. The van der Waals surface area contributed by atoms with Gasteiger partial charge in [-0.2, -0.15) is 0 Å². The van der Waals surface area contributed by atoms with E-state index >= 15 is 0 Å². The van der Waals surface area contributed by atoms with Crippen molar-refractivity contribution < 1.29 is 8.81 Å². The molecule has 1 aromatic heterocycles. The standard InChI is InChI=1S/C16H21FN2O/c1-19(2)16(7-3-4-8-16)15(18)14-10-11-9-12(17)5-6-13(11)20-14/h5-6,9-10,15H,3-4,7-8,18H2,1-2H3. The first-order valence-corrected chi connectivity index (χ1v) is 7.15. The van der Waals surface area contributed by atoms with Crippen molar-refractivity contribution in [2.45, 2.75) is 37.3 Å². The summed E-state index contributed by atoms with van der Waals surface area (Å²) in [5.74, 6) is 0.503. The molecule has 0 saturated heterocycles. The number of nitrogens with zero attached hydrogens (tertiary/aromatic N) is 1. The lowest BCUT2D eigenvalue weighted by Crippen LogP contribution is -2.50. The van der Waals surface area contributed by atoms with Crippen molar-refractivity contribution in [3.8, 4) is 0 Å². The zero-order chi connectivity index (χ0) is 14.3. The molecule has 1 saturated carbocycles. The summed E-state index contributed by atoms with van der Waals surface area (Å²) in [6.45, 7) is 0. The van der Waals surface area contributed by atoms with Gasteiger partial charge >= 0.3 is 0 Å². The van der Waals surface area contributed by atoms with Crippen LogP contribution in [0.2, 0.25) is 0 Å². The zero-order valence-electron chi connectivity index (χ0n) is 12.0. The van der Waals surface area contributed by atoms with Crippen LogP contribution in [0.4, 0.5) is 4.39 Å². The second-order valence-corrected chi connectivity index (χ2v) is 6.01. The highest BCUT2D eigenvalue weighted by atomic mass is 19.1. The number of halogens is 1. The maximum atomic E-state index is 13.3. The molecule has 1 aliphatic rings. The SMILES string of the molecule is CN(C)C1(C(N)c2cc3cc(F)ccc3o2)CCCC1. The first kappa shape index (κ1) is 13.6. The van der Waals surface area contributed by atoms with Gasteiger partial charge in [0.15, 0.2) is 0 Å². The number of fused-ring (bicyclic) bond motifs is 1. The van der Waals surface area contributed by atoms with Crippen LogP contribution in [-0.4, -0.2) is 24.5 Å². The van der Waals surface area contributed by atoms with Crippen LogP contribution in [0.25, 0.3) is 11.0 Å². The Labute approximate surface area is 118 Å². The zero-order valence-corrected chi connectivity index (χ0v) is 12.0. The summed E-state index contributed by atoms with van der Waals surface area (Å²) in [5.41, 5.74) is 7.16. The lowest BCUT2D eigenvalue weighted by Gasteiger charge is -2.40. The predicted molar refractivity (Wildman–Crippen MR) is 78.0 cm³/mol. The number of nitrogens with two attached hydrogens (primary N) is 1. The molecule has 108 valence electrons. The van der Waals surface area contributed by atoms with E-state index in [1.165, 1.54) is 25.0 Å². The number of rotatable bonds is 3. The Hall–Kier alpha value is -1.39. The van der Waals surface area contributed by atoms with Crippen LogP contribution in [0.15, 0.2) is 28.7 Å². The molecule has 0 bridgehead atoms. The Bertz CT molecular complexity index is 614. The first-order valence-electron chi connectivity index (χ1n) is 7.15. The highest BCUT2D eigenvalue weighted by Gasteiger charge is 2.43. The fraction of sp³-hybridized carbons (Fsp3) is 0.500. The Morgan fingerprint density at radius 1 is 1.25 bits per heavy atom. The smallest absolute Gasteiger partial charge is 0.134 e. The van der Waals surface area contributed by atoms with Crippen LogP contribution < -0.4 is 5.73 Å². The molecule has 1 heterocycles. The predicted octanol–water partition coefficient (Wildman–Crippen LogP) is 3.45. The van der Waals surface area contributed by atoms with Crippen molar-refractivity contribution in [1.82, 2.24) is 4.90 Å². The summed E-state index contributed by atoms with van der Waals surface area (Å²) < 4.78 is 19.1. The Morgan fingerprint density at radius 2 is 1.95 bits per heavy atom. The van der Waals surface area contributed by atoms with Gasteiger partial charge in [0.05, 0.1) is 6.04 Å². The third kappa shape index (κ3) is 2.03. The number of furan rings is 1. The van der Waals surface area contributed by atoms with Gasteiger partial charge < -0.3 is 15.1 Å². The molecule has 0 radical (unpaired) electrons. The van der Waals surface area contributed by atoms with Crippen LogP contribution in [0.3, 0.4) is 0 Å². The highest BCUT2D eigenvalue weighted by molar-refractivity contribution is 5.78. The van der Waals surface area contributed by atoms with E-state index in [1.54, 1.807) is 6.07 Å². The minimum atomic E-state index is -0.249. The maximum absolute atomic E-state index is 13.3. The average molecular weight is 276 g/mol. The first-order chi connectivity index (χ1) is 9.53. The fourth-order valence-corrected chi connectivity index (χ4v) is 3.48. The van der Waals surface area contributed by atoms with Gasteiger partial charge in [-0.05, 0) is 51.2 Å². The van der Waals surface area contributed by atoms with Crippen LogP contribution >= 0.6 is 0 Å². The molecule has 0 spiro atoms. The van der Waals surface area contributed by atoms with Gasteiger partial charge in [0, 0.05) is 10.9 Å². The van der Waals surface area contributed by atoms with Crippen molar-refractivity contribution >= 4 is 11.0 Å². The van der Waals surface area contributed by atoms with Gasteiger partial charge in [-0.25, -0.2) is 4.39 Å². The van der Waals surface area contributed by atoms with Gasteiger partial charge in [-0.1, -0.05) is 12.8 Å². The fourth-order valence-electron chi connectivity index (χ4n) is 3.48. The van der Waals surface area contributed by atoms with Crippen LogP contribution in [0.5, 0.6) is 0 Å². The molecule has 1 unspecified atom stereocenters. The molecule has 20 heavy (non-hydrogen) atoms. The molecule has 4 heteroatoms. The lowest BCUT2D eigenvalue weighted by molar-refractivity contribution is 0.114. The number of likely N-dealkylation sites (N-methyl/N-ethyl adjacent to an activating group) is 1. The molecule has 3 rings (SSSR count). The minimum absolute atomic E-state index is 0.0492. The molecular weight excluding hydrogens is 255 g/mol. The van der Waals surface area contributed by atoms with E-state index in [1.807, 2.05) is 6.07 Å². The van der Waals surface area contributed by atoms with Crippen molar-refractivity contribution in [2.75, 3.05) is 14.1 Å². The number of hydrogen-bond acceptors (Lipinski definition) is 3. The third-order valence-corrected chi connectivity index (χ3v) is 4.74. The molecule has 1 aliphatic carbocycles. The quantitative estimate of drug-likeness (QED) is 0.933. The summed E-state index contributed by atoms with van der Waals surface area (Å²) in [6.07, 6.45) is 4.54. The van der Waals surface area contributed by atoms with Crippen molar-refractivity contribution in [3.63, 3.8) is 0 Å². The van der Waals surface area contributed by atoms with E-state index < -0.39 is 0 Å². The van der Waals surface area contributed by atoms with Gasteiger partial charge in [0.2, 0.25) is 0 Å².